The Balaban J connectivity index is 2.10. The Kier molecular flexibility index (Phi) is 5.07. The third-order valence-corrected chi connectivity index (χ3v) is 4.94. The molecule has 0 aromatic heterocycles. The molecule has 1 aromatic rings. The number of benzene rings is 1. The molecule has 0 amide bonds. The lowest BCUT2D eigenvalue weighted by Crippen LogP contribution is -2.55. The van der Waals surface area contributed by atoms with Crippen LogP contribution in [0.3, 0.4) is 0 Å². The van der Waals surface area contributed by atoms with E-state index in [0.29, 0.717) is 12.1 Å². The minimum Gasteiger partial charge on any atom is -0.387 e. The molecule has 1 aliphatic rings. The summed E-state index contributed by atoms with van der Waals surface area (Å²) in [4.78, 5) is 4.82. The van der Waals surface area contributed by atoms with Crippen molar-refractivity contribution in [2.75, 3.05) is 26.7 Å². The van der Waals surface area contributed by atoms with Crippen molar-refractivity contribution in [2.45, 2.75) is 52.8 Å². The number of aryl methyl sites for hydroxylation is 3. The Morgan fingerprint density at radius 2 is 1.57 bits per heavy atom. The molecule has 1 aromatic carbocycles. The van der Waals surface area contributed by atoms with Crippen molar-refractivity contribution in [1.29, 1.82) is 0 Å². The number of aliphatic hydroxyl groups excluding tert-OH is 1. The smallest absolute Gasteiger partial charge is 0.0922 e. The van der Waals surface area contributed by atoms with E-state index in [1.807, 2.05) is 0 Å². The molecule has 3 nitrogen and oxygen atoms in total. The molecule has 0 radical (unpaired) electrons. The molecule has 3 unspecified atom stereocenters. The molecule has 3 heteroatoms. The number of hydrogen-bond acceptors (Lipinski definition) is 3. The fourth-order valence-corrected chi connectivity index (χ4v) is 3.72. The first-order valence-corrected chi connectivity index (χ1v) is 7.99. The second-order valence-corrected chi connectivity index (χ2v) is 6.91. The summed E-state index contributed by atoms with van der Waals surface area (Å²) in [6.07, 6.45) is -0.395. The van der Waals surface area contributed by atoms with E-state index in [0.717, 1.165) is 25.2 Å². The Labute approximate surface area is 129 Å². The van der Waals surface area contributed by atoms with Gasteiger partial charge >= 0.3 is 0 Å². The Morgan fingerprint density at radius 1 is 1.10 bits per heavy atom. The molecule has 1 aliphatic heterocycles. The van der Waals surface area contributed by atoms with E-state index < -0.39 is 6.10 Å². The lowest BCUT2D eigenvalue weighted by molar-refractivity contribution is 0.0279. The largest absolute Gasteiger partial charge is 0.387 e. The third-order valence-electron chi connectivity index (χ3n) is 4.94. The first-order chi connectivity index (χ1) is 9.79. The zero-order valence-corrected chi connectivity index (χ0v) is 14.3. The fraction of sp³-hybridized carbons (Fsp3) is 0.667. The molecule has 21 heavy (non-hydrogen) atoms. The van der Waals surface area contributed by atoms with Crippen LogP contribution in [-0.2, 0) is 0 Å². The second-order valence-electron chi connectivity index (χ2n) is 6.91. The van der Waals surface area contributed by atoms with Crippen LogP contribution in [0, 0.1) is 20.8 Å². The van der Waals surface area contributed by atoms with E-state index in [2.05, 4.69) is 63.6 Å². The summed E-state index contributed by atoms with van der Waals surface area (Å²) >= 11 is 0. The van der Waals surface area contributed by atoms with Crippen LogP contribution in [0.5, 0.6) is 0 Å². The first-order valence-electron chi connectivity index (χ1n) is 7.99. The highest BCUT2D eigenvalue weighted by atomic mass is 16.3. The van der Waals surface area contributed by atoms with Crippen molar-refractivity contribution < 1.29 is 5.11 Å². The van der Waals surface area contributed by atoms with Gasteiger partial charge in [-0.1, -0.05) is 17.7 Å². The molecular formula is C18H30N2O. The molecule has 118 valence electrons. The van der Waals surface area contributed by atoms with Gasteiger partial charge in [-0.3, -0.25) is 9.80 Å². The van der Waals surface area contributed by atoms with Crippen LogP contribution in [-0.4, -0.2) is 53.7 Å². The lowest BCUT2D eigenvalue weighted by atomic mass is 9.95. The van der Waals surface area contributed by atoms with E-state index in [-0.39, 0.29) is 0 Å². The van der Waals surface area contributed by atoms with Gasteiger partial charge in [0.1, 0.15) is 0 Å². The minimum atomic E-state index is -0.395. The van der Waals surface area contributed by atoms with Crippen molar-refractivity contribution in [3.8, 4) is 0 Å². The maximum Gasteiger partial charge on any atom is 0.0922 e. The Hall–Kier alpha value is -0.900. The van der Waals surface area contributed by atoms with Crippen molar-refractivity contribution in [3.63, 3.8) is 0 Å². The van der Waals surface area contributed by atoms with Crippen LogP contribution >= 0.6 is 0 Å². The summed E-state index contributed by atoms with van der Waals surface area (Å²) in [7, 11) is 2.19. The third kappa shape index (κ3) is 3.65. The first kappa shape index (κ1) is 16.5. The van der Waals surface area contributed by atoms with Crippen molar-refractivity contribution in [2.24, 2.45) is 0 Å². The van der Waals surface area contributed by atoms with Gasteiger partial charge in [-0.2, -0.15) is 0 Å². The highest BCUT2D eigenvalue weighted by molar-refractivity contribution is 5.39. The summed E-state index contributed by atoms with van der Waals surface area (Å²) in [5.74, 6) is 0. The van der Waals surface area contributed by atoms with E-state index in [1.165, 1.54) is 16.7 Å². The van der Waals surface area contributed by atoms with Crippen molar-refractivity contribution in [1.82, 2.24) is 9.80 Å². The van der Waals surface area contributed by atoms with Gasteiger partial charge in [-0.15, -0.1) is 0 Å². The zero-order chi connectivity index (χ0) is 15.7. The summed E-state index contributed by atoms with van der Waals surface area (Å²) in [5, 5.41) is 10.7. The van der Waals surface area contributed by atoms with E-state index in [9.17, 15) is 5.11 Å². The zero-order valence-electron chi connectivity index (χ0n) is 14.3. The van der Waals surface area contributed by atoms with Gasteiger partial charge in [-0.05, 0) is 58.4 Å². The molecule has 0 spiro atoms. The fourth-order valence-electron chi connectivity index (χ4n) is 3.72. The van der Waals surface area contributed by atoms with Crippen molar-refractivity contribution in [3.05, 3.63) is 34.4 Å². The van der Waals surface area contributed by atoms with Gasteiger partial charge in [0, 0.05) is 31.7 Å². The summed E-state index contributed by atoms with van der Waals surface area (Å²) in [6, 6.07) is 5.42. The molecule has 1 fully saturated rings. The van der Waals surface area contributed by atoms with Crippen LogP contribution in [0.15, 0.2) is 12.1 Å². The summed E-state index contributed by atoms with van der Waals surface area (Å²) < 4.78 is 0. The SMILES string of the molecule is Cc1cc(C)c(C(O)CN2CC(C)N(C)C(C)C2)c(C)c1. The Morgan fingerprint density at radius 3 is 2.05 bits per heavy atom. The predicted octanol–water partition coefficient (Wildman–Crippen LogP) is 2.67. The van der Waals surface area contributed by atoms with E-state index >= 15 is 0 Å². The average molecular weight is 290 g/mol. The van der Waals surface area contributed by atoms with Gasteiger partial charge in [0.25, 0.3) is 0 Å². The number of hydrogen-bond donors (Lipinski definition) is 1. The van der Waals surface area contributed by atoms with E-state index in [4.69, 9.17) is 0 Å². The molecule has 1 N–H and O–H groups in total. The predicted molar refractivity (Wildman–Crippen MR) is 88.7 cm³/mol. The number of aliphatic hydroxyl groups is 1. The summed E-state index contributed by atoms with van der Waals surface area (Å²) in [5.41, 5.74) is 4.79. The molecule has 1 saturated heterocycles. The molecule has 3 atom stereocenters. The van der Waals surface area contributed by atoms with Crippen LogP contribution in [0.4, 0.5) is 0 Å². The average Bonchev–Trinajstić information content (AvgIpc) is 2.34. The second kappa shape index (κ2) is 6.47. The minimum absolute atomic E-state index is 0.395. The van der Waals surface area contributed by atoms with Gasteiger partial charge in [-0.25, -0.2) is 0 Å². The number of likely N-dealkylation sites (N-methyl/N-ethyl adjacent to an activating group) is 1. The van der Waals surface area contributed by atoms with Crippen molar-refractivity contribution >= 4 is 0 Å². The van der Waals surface area contributed by atoms with Crippen LogP contribution < -0.4 is 0 Å². The van der Waals surface area contributed by atoms with Gasteiger partial charge in [0.2, 0.25) is 0 Å². The lowest BCUT2D eigenvalue weighted by Gasteiger charge is -2.43. The molecule has 2 rings (SSSR count). The normalized spacial score (nSPS) is 26.0. The summed E-state index contributed by atoms with van der Waals surface area (Å²) in [6.45, 7) is 13.6. The maximum absolute atomic E-state index is 10.7. The van der Waals surface area contributed by atoms with Crippen LogP contribution in [0.25, 0.3) is 0 Å². The molecule has 0 aliphatic carbocycles. The number of nitrogens with zero attached hydrogens (tertiary/aromatic N) is 2. The quantitative estimate of drug-likeness (QED) is 0.927. The monoisotopic (exact) mass is 290 g/mol. The van der Waals surface area contributed by atoms with Gasteiger partial charge in [0.05, 0.1) is 6.10 Å². The molecule has 1 heterocycles. The number of β-amino-alcohol motifs (C(OH)–C–C–N with tert-alkyl or cyclic N) is 1. The molecule has 0 bridgehead atoms. The van der Waals surface area contributed by atoms with E-state index in [1.54, 1.807) is 0 Å². The highest BCUT2D eigenvalue weighted by Crippen LogP contribution is 2.25. The number of rotatable bonds is 3. The van der Waals surface area contributed by atoms with Gasteiger partial charge < -0.3 is 5.11 Å². The molecule has 0 saturated carbocycles. The van der Waals surface area contributed by atoms with Crippen LogP contribution in [0.1, 0.15) is 42.2 Å². The molecular weight excluding hydrogens is 260 g/mol. The van der Waals surface area contributed by atoms with Gasteiger partial charge in [0.15, 0.2) is 0 Å². The standard InChI is InChI=1S/C18H30N2O/c1-12-7-13(2)18(14(3)8-12)17(21)11-20-9-15(4)19(6)16(5)10-20/h7-8,15-17,21H,9-11H2,1-6H3. The van der Waals surface area contributed by atoms with Crippen LogP contribution in [0.2, 0.25) is 0 Å². The number of piperazine rings is 1. The topological polar surface area (TPSA) is 26.7 Å². The maximum atomic E-state index is 10.7. The Bertz CT molecular complexity index is 465. The highest BCUT2D eigenvalue weighted by Gasteiger charge is 2.28.